The average molecular weight is 459 g/mol. The van der Waals surface area contributed by atoms with Gasteiger partial charge >= 0.3 is 0 Å². The highest BCUT2D eigenvalue weighted by molar-refractivity contribution is 7.17. The second-order valence-electron chi connectivity index (χ2n) is 7.58. The minimum absolute atomic E-state index is 0.0654. The van der Waals surface area contributed by atoms with E-state index in [0.717, 1.165) is 42.2 Å². The molecule has 168 valence electrons. The highest BCUT2D eigenvalue weighted by Gasteiger charge is 2.27. The van der Waals surface area contributed by atoms with Crippen LogP contribution in [-0.2, 0) is 24.6 Å². The first kappa shape index (κ1) is 22.1. The van der Waals surface area contributed by atoms with E-state index in [1.165, 1.54) is 28.2 Å². The van der Waals surface area contributed by atoms with Gasteiger partial charge in [-0.05, 0) is 49.4 Å². The van der Waals surface area contributed by atoms with Crippen LogP contribution in [0.4, 0.5) is 9.39 Å². The summed E-state index contributed by atoms with van der Waals surface area (Å²) < 4.78 is 20.1. The molecule has 10 heteroatoms. The van der Waals surface area contributed by atoms with Gasteiger partial charge in [0.05, 0.1) is 23.1 Å². The Kier molecular flexibility index (Phi) is 6.33. The summed E-state index contributed by atoms with van der Waals surface area (Å²) >= 11 is 1.35. The molecule has 1 aliphatic carbocycles. The van der Waals surface area contributed by atoms with E-state index in [2.05, 4.69) is 15.7 Å². The van der Waals surface area contributed by atoms with Crippen LogP contribution >= 0.6 is 11.3 Å². The number of nitrogens with zero attached hydrogens (tertiary/aromatic N) is 2. The Morgan fingerprint density at radius 3 is 2.81 bits per heavy atom. The number of hydrogen-bond acceptors (Lipinski definition) is 6. The monoisotopic (exact) mass is 458 g/mol. The zero-order chi connectivity index (χ0) is 22.8. The van der Waals surface area contributed by atoms with Gasteiger partial charge in [-0.15, -0.1) is 11.3 Å². The molecule has 0 radical (unpaired) electrons. The molecule has 4 rings (SSSR count). The zero-order valence-electron chi connectivity index (χ0n) is 17.8. The molecule has 0 unspecified atom stereocenters. The molecule has 0 bridgehead atoms. The highest BCUT2D eigenvalue weighted by Crippen LogP contribution is 2.38. The van der Waals surface area contributed by atoms with Crippen molar-refractivity contribution < 1.29 is 18.7 Å². The van der Waals surface area contributed by atoms with Crippen molar-refractivity contribution in [3.8, 4) is 0 Å². The quantitative estimate of drug-likeness (QED) is 0.553. The minimum atomic E-state index is -0.735. The van der Waals surface area contributed by atoms with Crippen molar-refractivity contribution >= 4 is 39.1 Å². The van der Waals surface area contributed by atoms with Crippen molar-refractivity contribution in [2.24, 2.45) is 7.05 Å². The molecule has 0 saturated heterocycles. The van der Waals surface area contributed by atoms with Crippen LogP contribution in [0.5, 0.6) is 0 Å². The van der Waals surface area contributed by atoms with Crippen LogP contribution in [0.25, 0.3) is 10.9 Å². The molecule has 8 nitrogen and oxygen atoms in total. The van der Waals surface area contributed by atoms with Crippen molar-refractivity contribution in [2.75, 3.05) is 25.6 Å². The standard InChI is InChI=1S/C22H23FN4O4S/c1-27-15-8-7-12(23)11-14(15)19(28)18(26-27)21(30)25-22-17(20(29)24-9-10-31-2)13-5-3-4-6-16(13)32-22/h7-8,11H,3-6,9-10H2,1-2H3,(H,24,29)(H,25,30). The Bertz CT molecular complexity index is 1270. The van der Waals surface area contributed by atoms with Crippen molar-refractivity contribution in [1.82, 2.24) is 15.1 Å². The van der Waals surface area contributed by atoms with E-state index in [4.69, 9.17) is 4.74 Å². The molecular weight excluding hydrogens is 435 g/mol. The number of hydrogen-bond donors (Lipinski definition) is 2. The predicted octanol–water partition coefficient (Wildman–Crippen LogP) is 2.64. The maximum atomic E-state index is 13.7. The number of fused-ring (bicyclic) bond motifs is 2. The van der Waals surface area contributed by atoms with E-state index in [9.17, 15) is 18.8 Å². The summed E-state index contributed by atoms with van der Waals surface area (Å²) in [6.07, 6.45) is 3.57. The highest BCUT2D eigenvalue weighted by atomic mass is 32.1. The van der Waals surface area contributed by atoms with Gasteiger partial charge < -0.3 is 15.4 Å². The Labute approximate surface area is 187 Å². The van der Waals surface area contributed by atoms with E-state index < -0.39 is 17.2 Å². The Hall–Kier alpha value is -3.11. The molecule has 2 amide bonds. The molecule has 0 aliphatic heterocycles. The number of carbonyl (C=O) groups excluding carboxylic acids is 2. The molecule has 0 fully saturated rings. The van der Waals surface area contributed by atoms with Crippen LogP contribution in [0.15, 0.2) is 23.0 Å². The number of ether oxygens (including phenoxy) is 1. The number of nitrogens with one attached hydrogen (secondary N) is 2. The van der Waals surface area contributed by atoms with Crippen molar-refractivity contribution in [3.05, 3.63) is 55.9 Å². The summed E-state index contributed by atoms with van der Waals surface area (Å²) in [5, 5.41) is 10.1. The molecule has 3 aromatic rings. The maximum Gasteiger partial charge on any atom is 0.280 e. The van der Waals surface area contributed by atoms with Gasteiger partial charge in [-0.1, -0.05) is 0 Å². The lowest BCUT2D eigenvalue weighted by Crippen LogP contribution is -2.30. The fourth-order valence-corrected chi connectivity index (χ4v) is 5.19. The largest absolute Gasteiger partial charge is 0.383 e. The third-order valence-electron chi connectivity index (χ3n) is 5.45. The van der Waals surface area contributed by atoms with Gasteiger partial charge in [0.2, 0.25) is 5.43 Å². The third kappa shape index (κ3) is 4.15. The second-order valence-corrected chi connectivity index (χ2v) is 8.69. The van der Waals surface area contributed by atoms with E-state index in [-0.39, 0.29) is 17.0 Å². The first-order valence-corrected chi connectivity index (χ1v) is 11.1. The normalized spacial score (nSPS) is 13.1. The van der Waals surface area contributed by atoms with Crippen molar-refractivity contribution in [2.45, 2.75) is 25.7 Å². The second kappa shape index (κ2) is 9.17. The predicted molar refractivity (Wildman–Crippen MR) is 120 cm³/mol. The maximum absolute atomic E-state index is 13.7. The van der Waals surface area contributed by atoms with Gasteiger partial charge in [-0.3, -0.25) is 19.1 Å². The molecule has 2 aromatic heterocycles. The van der Waals surface area contributed by atoms with E-state index in [0.29, 0.717) is 29.2 Å². The summed E-state index contributed by atoms with van der Waals surface area (Å²) in [4.78, 5) is 39.8. The van der Waals surface area contributed by atoms with Gasteiger partial charge in [0.15, 0.2) is 5.69 Å². The Morgan fingerprint density at radius 2 is 2.03 bits per heavy atom. The van der Waals surface area contributed by atoms with E-state index >= 15 is 0 Å². The fraction of sp³-hybridized carbons (Fsp3) is 0.364. The number of thiophene rings is 1. The Balaban J connectivity index is 1.71. The summed E-state index contributed by atoms with van der Waals surface area (Å²) in [6.45, 7) is 0.707. The number of aromatic nitrogens is 2. The zero-order valence-corrected chi connectivity index (χ0v) is 18.6. The average Bonchev–Trinajstić information content (AvgIpc) is 3.14. The topological polar surface area (TPSA) is 102 Å². The summed E-state index contributed by atoms with van der Waals surface area (Å²) in [5.41, 5.74) is 0.758. The van der Waals surface area contributed by atoms with Gasteiger partial charge in [-0.25, -0.2) is 4.39 Å². The van der Waals surface area contributed by atoms with Crippen LogP contribution in [-0.4, -0.2) is 41.9 Å². The van der Waals surface area contributed by atoms with Crippen molar-refractivity contribution in [1.29, 1.82) is 0 Å². The van der Waals surface area contributed by atoms with Crippen LogP contribution in [0.2, 0.25) is 0 Å². The van der Waals surface area contributed by atoms with Crippen LogP contribution < -0.4 is 16.1 Å². The fourth-order valence-electron chi connectivity index (χ4n) is 3.91. The summed E-state index contributed by atoms with van der Waals surface area (Å²) in [7, 11) is 3.13. The van der Waals surface area contributed by atoms with E-state index in [1.54, 1.807) is 14.2 Å². The number of benzene rings is 1. The van der Waals surface area contributed by atoms with Gasteiger partial charge in [0, 0.05) is 25.6 Å². The molecule has 2 N–H and O–H groups in total. The molecule has 1 aliphatic rings. The third-order valence-corrected chi connectivity index (χ3v) is 6.66. The van der Waals surface area contributed by atoms with Gasteiger partial charge in [0.1, 0.15) is 10.8 Å². The molecule has 32 heavy (non-hydrogen) atoms. The molecular formula is C22H23FN4O4S. The number of halogens is 1. The van der Waals surface area contributed by atoms with Crippen LogP contribution in [0.1, 0.15) is 44.1 Å². The lowest BCUT2D eigenvalue weighted by Gasteiger charge is -2.13. The SMILES string of the molecule is COCCNC(=O)c1c(NC(=O)c2nn(C)c3ccc(F)cc3c2=O)sc2c1CCCC2. The number of rotatable bonds is 6. The Morgan fingerprint density at radius 1 is 1.25 bits per heavy atom. The first-order valence-electron chi connectivity index (χ1n) is 10.3. The molecule has 1 aromatic carbocycles. The number of aryl methyl sites for hydroxylation is 2. The number of anilines is 1. The number of amides is 2. The number of methoxy groups -OCH3 is 1. The van der Waals surface area contributed by atoms with Crippen LogP contribution in [0.3, 0.4) is 0 Å². The lowest BCUT2D eigenvalue weighted by atomic mass is 9.95. The van der Waals surface area contributed by atoms with Gasteiger partial charge in [-0.2, -0.15) is 5.10 Å². The number of carbonyl (C=O) groups is 2. The summed E-state index contributed by atoms with van der Waals surface area (Å²) in [6, 6.07) is 3.76. The minimum Gasteiger partial charge on any atom is -0.383 e. The summed E-state index contributed by atoms with van der Waals surface area (Å²) in [5.74, 6) is -1.60. The molecule has 2 heterocycles. The first-order chi connectivity index (χ1) is 15.4. The van der Waals surface area contributed by atoms with Gasteiger partial charge in [0.25, 0.3) is 11.8 Å². The molecule has 0 atom stereocenters. The van der Waals surface area contributed by atoms with Crippen molar-refractivity contribution in [3.63, 3.8) is 0 Å². The molecule has 0 saturated carbocycles. The molecule has 0 spiro atoms. The lowest BCUT2D eigenvalue weighted by molar-refractivity contribution is 0.0937. The van der Waals surface area contributed by atoms with Crippen LogP contribution in [0, 0.1) is 5.82 Å². The van der Waals surface area contributed by atoms with E-state index in [1.807, 2.05) is 0 Å². The smallest absolute Gasteiger partial charge is 0.280 e.